The molecule has 1 heterocycles. The number of nitrogens with zero attached hydrogens (tertiary/aromatic N) is 1. The maximum atomic E-state index is 11.6. The number of nitrogens with one attached hydrogen (secondary N) is 1. The van der Waals surface area contributed by atoms with E-state index in [1.807, 2.05) is 12.1 Å². The fraction of sp³-hybridized carbons (Fsp3) is 0.600. The highest BCUT2D eigenvalue weighted by atomic mass is 79.9. The lowest BCUT2D eigenvalue weighted by Crippen LogP contribution is -2.42. The molecule has 2 rings (SSSR count). The SMILES string of the molecule is C[C@H](NCC1CCCN(S(C)(=O)=O)C1)c1cccc(Br)c1. The lowest BCUT2D eigenvalue weighted by atomic mass is 9.99. The fourth-order valence-corrected chi connectivity index (χ4v) is 4.09. The Kier molecular flexibility index (Phi) is 5.82. The molecule has 1 aliphatic rings. The number of piperidine rings is 1. The molecule has 0 amide bonds. The van der Waals surface area contributed by atoms with Crippen LogP contribution >= 0.6 is 15.9 Å². The van der Waals surface area contributed by atoms with Crippen molar-refractivity contribution in [1.29, 1.82) is 0 Å². The van der Waals surface area contributed by atoms with Gasteiger partial charge in [0.2, 0.25) is 10.0 Å². The molecule has 0 aliphatic carbocycles. The van der Waals surface area contributed by atoms with Gasteiger partial charge in [0.25, 0.3) is 0 Å². The van der Waals surface area contributed by atoms with Gasteiger partial charge in [-0.15, -0.1) is 0 Å². The van der Waals surface area contributed by atoms with E-state index in [4.69, 9.17) is 0 Å². The van der Waals surface area contributed by atoms with E-state index in [-0.39, 0.29) is 6.04 Å². The largest absolute Gasteiger partial charge is 0.310 e. The predicted molar refractivity (Wildman–Crippen MR) is 89.7 cm³/mol. The summed E-state index contributed by atoms with van der Waals surface area (Å²) in [5.41, 5.74) is 1.24. The van der Waals surface area contributed by atoms with E-state index in [0.29, 0.717) is 19.0 Å². The zero-order valence-corrected chi connectivity index (χ0v) is 15.0. The summed E-state index contributed by atoms with van der Waals surface area (Å²) in [5.74, 6) is 0.392. The molecule has 0 aromatic heterocycles. The van der Waals surface area contributed by atoms with E-state index in [2.05, 4.69) is 40.3 Å². The Morgan fingerprint density at radius 3 is 2.90 bits per heavy atom. The molecule has 1 N–H and O–H groups in total. The van der Waals surface area contributed by atoms with Gasteiger partial charge in [-0.3, -0.25) is 0 Å². The molecule has 118 valence electrons. The molecule has 1 fully saturated rings. The van der Waals surface area contributed by atoms with Crippen LogP contribution in [0.15, 0.2) is 28.7 Å². The second-order valence-electron chi connectivity index (χ2n) is 5.81. The van der Waals surface area contributed by atoms with Gasteiger partial charge in [-0.05, 0) is 49.9 Å². The number of sulfonamides is 1. The first-order valence-electron chi connectivity index (χ1n) is 7.30. The van der Waals surface area contributed by atoms with E-state index >= 15 is 0 Å². The Morgan fingerprint density at radius 2 is 2.24 bits per heavy atom. The van der Waals surface area contributed by atoms with Crippen LogP contribution in [0.4, 0.5) is 0 Å². The zero-order chi connectivity index (χ0) is 15.5. The first-order chi connectivity index (χ1) is 9.86. The molecule has 1 saturated heterocycles. The normalized spacial score (nSPS) is 22.1. The molecular formula is C15H23BrN2O2S. The summed E-state index contributed by atoms with van der Waals surface area (Å²) in [6, 6.07) is 8.52. The quantitative estimate of drug-likeness (QED) is 0.861. The minimum atomic E-state index is -3.06. The van der Waals surface area contributed by atoms with Crippen molar-refractivity contribution in [1.82, 2.24) is 9.62 Å². The lowest BCUT2D eigenvalue weighted by molar-refractivity contribution is 0.257. The molecule has 1 aromatic carbocycles. The van der Waals surface area contributed by atoms with Gasteiger partial charge < -0.3 is 5.32 Å². The van der Waals surface area contributed by atoms with E-state index in [9.17, 15) is 8.42 Å². The van der Waals surface area contributed by atoms with Gasteiger partial charge >= 0.3 is 0 Å². The molecule has 2 atom stereocenters. The van der Waals surface area contributed by atoms with Crippen molar-refractivity contribution >= 4 is 26.0 Å². The standard InChI is InChI=1S/C15H23BrN2O2S/c1-12(14-6-3-7-15(16)9-14)17-10-13-5-4-8-18(11-13)21(2,19)20/h3,6-7,9,12-13,17H,4-5,8,10-11H2,1-2H3/t12-,13?/m0/s1. The highest BCUT2D eigenvalue weighted by Crippen LogP contribution is 2.21. The third-order valence-electron chi connectivity index (χ3n) is 4.01. The number of benzene rings is 1. The number of rotatable bonds is 5. The molecule has 6 heteroatoms. The maximum Gasteiger partial charge on any atom is 0.211 e. The minimum Gasteiger partial charge on any atom is -0.310 e. The predicted octanol–water partition coefficient (Wildman–Crippen LogP) is 2.77. The van der Waals surface area contributed by atoms with Crippen LogP contribution in [0.2, 0.25) is 0 Å². The van der Waals surface area contributed by atoms with Crippen LogP contribution in [-0.2, 0) is 10.0 Å². The molecular weight excluding hydrogens is 352 g/mol. The van der Waals surface area contributed by atoms with Crippen LogP contribution in [0.3, 0.4) is 0 Å². The summed E-state index contributed by atoms with van der Waals surface area (Å²) in [6.45, 7) is 4.28. The Balaban J connectivity index is 1.88. The maximum absolute atomic E-state index is 11.6. The highest BCUT2D eigenvalue weighted by Gasteiger charge is 2.25. The van der Waals surface area contributed by atoms with Crippen molar-refractivity contribution in [3.05, 3.63) is 34.3 Å². The van der Waals surface area contributed by atoms with Gasteiger partial charge in [0.15, 0.2) is 0 Å². The smallest absolute Gasteiger partial charge is 0.211 e. The van der Waals surface area contributed by atoms with Gasteiger partial charge in [0.05, 0.1) is 6.26 Å². The molecule has 0 radical (unpaired) electrons. The third kappa shape index (κ3) is 5.06. The van der Waals surface area contributed by atoms with Gasteiger partial charge in [-0.1, -0.05) is 28.1 Å². The van der Waals surface area contributed by atoms with Crippen molar-refractivity contribution in [2.24, 2.45) is 5.92 Å². The molecule has 0 bridgehead atoms. The lowest BCUT2D eigenvalue weighted by Gasteiger charge is -2.31. The van der Waals surface area contributed by atoms with Gasteiger partial charge in [-0.2, -0.15) is 0 Å². The van der Waals surface area contributed by atoms with Crippen molar-refractivity contribution in [2.75, 3.05) is 25.9 Å². The average molecular weight is 375 g/mol. The van der Waals surface area contributed by atoms with Crippen molar-refractivity contribution in [2.45, 2.75) is 25.8 Å². The number of hydrogen-bond acceptors (Lipinski definition) is 3. The Hall–Kier alpha value is -0.430. The summed E-state index contributed by atoms with van der Waals surface area (Å²) in [4.78, 5) is 0. The van der Waals surface area contributed by atoms with Crippen LogP contribution in [0.1, 0.15) is 31.4 Å². The monoisotopic (exact) mass is 374 g/mol. The second-order valence-corrected chi connectivity index (χ2v) is 8.71. The minimum absolute atomic E-state index is 0.260. The van der Waals surface area contributed by atoms with Crippen LogP contribution in [0, 0.1) is 5.92 Å². The molecule has 21 heavy (non-hydrogen) atoms. The first kappa shape index (κ1) is 16.9. The summed E-state index contributed by atoms with van der Waals surface area (Å²) < 4.78 is 25.9. The van der Waals surface area contributed by atoms with Crippen molar-refractivity contribution < 1.29 is 8.42 Å². The summed E-state index contributed by atoms with van der Waals surface area (Å²) >= 11 is 3.49. The van der Waals surface area contributed by atoms with Crippen LogP contribution in [0.25, 0.3) is 0 Å². The third-order valence-corrected chi connectivity index (χ3v) is 5.78. The Labute approximate surface area is 136 Å². The summed E-state index contributed by atoms with van der Waals surface area (Å²) in [5, 5.41) is 3.53. The molecule has 4 nitrogen and oxygen atoms in total. The van der Waals surface area contributed by atoms with E-state index < -0.39 is 10.0 Å². The molecule has 1 unspecified atom stereocenters. The van der Waals surface area contributed by atoms with Crippen LogP contribution in [-0.4, -0.2) is 38.6 Å². The van der Waals surface area contributed by atoms with Crippen molar-refractivity contribution in [3.63, 3.8) is 0 Å². The Morgan fingerprint density at radius 1 is 1.48 bits per heavy atom. The fourth-order valence-electron chi connectivity index (χ4n) is 2.73. The molecule has 1 aromatic rings. The van der Waals surface area contributed by atoms with E-state index in [1.165, 1.54) is 11.8 Å². The average Bonchev–Trinajstić information content (AvgIpc) is 2.44. The molecule has 0 saturated carbocycles. The first-order valence-corrected chi connectivity index (χ1v) is 9.94. The molecule has 0 spiro atoms. The summed E-state index contributed by atoms with van der Waals surface area (Å²) in [6.07, 6.45) is 3.34. The van der Waals surface area contributed by atoms with Crippen molar-refractivity contribution in [3.8, 4) is 0 Å². The van der Waals surface area contributed by atoms with Crippen LogP contribution in [0.5, 0.6) is 0 Å². The molecule has 1 aliphatic heterocycles. The van der Waals surface area contributed by atoms with E-state index in [1.54, 1.807) is 4.31 Å². The Bertz CT molecular complexity index is 577. The van der Waals surface area contributed by atoms with Gasteiger partial charge in [0.1, 0.15) is 0 Å². The number of halogens is 1. The highest BCUT2D eigenvalue weighted by molar-refractivity contribution is 9.10. The zero-order valence-electron chi connectivity index (χ0n) is 12.5. The topological polar surface area (TPSA) is 49.4 Å². The second kappa shape index (κ2) is 7.22. The number of hydrogen-bond donors (Lipinski definition) is 1. The van der Waals surface area contributed by atoms with Gasteiger partial charge in [-0.25, -0.2) is 12.7 Å². The summed E-state index contributed by atoms with van der Waals surface area (Å²) in [7, 11) is -3.06. The van der Waals surface area contributed by atoms with E-state index in [0.717, 1.165) is 23.9 Å². The van der Waals surface area contributed by atoms with Crippen LogP contribution < -0.4 is 5.32 Å². The van der Waals surface area contributed by atoms with Gasteiger partial charge in [0, 0.05) is 23.6 Å².